The quantitative estimate of drug-likeness (QED) is 0.889. The van der Waals surface area contributed by atoms with E-state index >= 15 is 0 Å². The van der Waals surface area contributed by atoms with Crippen molar-refractivity contribution in [2.24, 2.45) is 11.7 Å². The van der Waals surface area contributed by atoms with Gasteiger partial charge < -0.3 is 16.0 Å². The fourth-order valence-corrected chi connectivity index (χ4v) is 2.33. The predicted octanol–water partition coefficient (Wildman–Crippen LogP) is 2.35. The zero-order valence-corrected chi connectivity index (χ0v) is 12.0. The van der Waals surface area contributed by atoms with Gasteiger partial charge in [-0.2, -0.15) is 0 Å². The van der Waals surface area contributed by atoms with Gasteiger partial charge in [0.2, 0.25) is 5.91 Å². The van der Waals surface area contributed by atoms with Gasteiger partial charge in [0.05, 0.1) is 11.7 Å². The smallest absolute Gasteiger partial charge is 0.241 e. The molecule has 1 atom stereocenters. The first-order valence-electron chi connectivity index (χ1n) is 7.10. The van der Waals surface area contributed by atoms with Gasteiger partial charge in [-0.25, -0.2) is 4.39 Å². The Kier molecular flexibility index (Phi) is 4.60. The molecular formula is C15H22FN3O. The average molecular weight is 279 g/mol. The summed E-state index contributed by atoms with van der Waals surface area (Å²) in [6.07, 6.45) is 2.20. The van der Waals surface area contributed by atoms with Gasteiger partial charge in [-0.3, -0.25) is 4.79 Å². The van der Waals surface area contributed by atoms with Crippen molar-refractivity contribution in [2.45, 2.75) is 32.7 Å². The van der Waals surface area contributed by atoms with Crippen molar-refractivity contribution in [1.82, 2.24) is 0 Å². The normalized spacial score (nSPS) is 16.6. The number of benzene rings is 1. The topological polar surface area (TPSA) is 58.4 Å². The van der Waals surface area contributed by atoms with Crippen molar-refractivity contribution in [2.75, 3.05) is 23.3 Å². The summed E-state index contributed by atoms with van der Waals surface area (Å²) in [6.45, 7) is 5.53. The highest BCUT2D eigenvalue weighted by atomic mass is 19.1. The van der Waals surface area contributed by atoms with E-state index in [0.717, 1.165) is 25.9 Å². The highest BCUT2D eigenvalue weighted by molar-refractivity contribution is 5.95. The van der Waals surface area contributed by atoms with Gasteiger partial charge in [0.15, 0.2) is 0 Å². The highest BCUT2D eigenvalue weighted by Gasteiger charge is 2.19. The fourth-order valence-electron chi connectivity index (χ4n) is 2.33. The first-order chi connectivity index (χ1) is 9.49. The molecule has 5 heteroatoms. The number of carbonyl (C=O) groups excluding carboxylic acids is 1. The number of hydrogen-bond donors (Lipinski definition) is 2. The van der Waals surface area contributed by atoms with Gasteiger partial charge >= 0.3 is 0 Å². The second-order valence-corrected chi connectivity index (χ2v) is 5.62. The number of nitrogens with zero attached hydrogens (tertiary/aromatic N) is 1. The van der Waals surface area contributed by atoms with E-state index in [1.165, 1.54) is 6.07 Å². The van der Waals surface area contributed by atoms with E-state index in [2.05, 4.69) is 5.32 Å². The van der Waals surface area contributed by atoms with Crippen LogP contribution in [0, 0.1) is 11.7 Å². The number of carbonyl (C=O) groups is 1. The molecule has 1 aliphatic heterocycles. The van der Waals surface area contributed by atoms with Crippen LogP contribution in [0.25, 0.3) is 0 Å². The van der Waals surface area contributed by atoms with Crippen LogP contribution >= 0.6 is 0 Å². The summed E-state index contributed by atoms with van der Waals surface area (Å²) >= 11 is 0. The second-order valence-electron chi connectivity index (χ2n) is 5.62. The number of rotatable bonds is 4. The molecule has 20 heavy (non-hydrogen) atoms. The van der Waals surface area contributed by atoms with E-state index in [1.54, 1.807) is 12.1 Å². The minimum atomic E-state index is -0.587. The Morgan fingerprint density at radius 1 is 1.35 bits per heavy atom. The van der Waals surface area contributed by atoms with Gasteiger partial charge in [0.25, 0.3) is 0 Å². The summed E-state index contributed by atoms with van der Waals surface area (Å²) in [4.78, 5) is 13.9. The molecule has 0 radical (unpaired) electrons. The summed E-state index contributed by atoms with van der Waals surface area (Å²) in [5.41, 5.74) is 6.82. The van der Waals surface area contributed by atoms with Crippen LogP contribution in [0.2, 0.25) is 0 Å². The molecule has 0 spiro atoms. The number of anilines is 2. The van der Waals surface area contributed by atoms with Crippen molar-refractivity contribution in [3.63, 3.8) is 0 Å². The van der Waals surface area contributed by atoms with Gasteiger partial charge in [0.1, 0.15) is 5.82 Å². The Morgan fingerprint density at radius 2 is 2.00 bits per heavy atom. The fraction of sp³-hybridized carbons (Fsp3) is 0.533. The third-order valence-corrected chi connectivity index (χ3v) is 3.68. The lowest BCUT2D eigenvalue weighted by atomic mass is 10.0. The number of nitrogens with one attached hydrogen (secondary N) is 1. The Hall–Kier alpha value is -1.62. The van der Waals surface area contributed by atoms with Crippen LogP contribution in [0.1, 0.15) is 26.7 Å². The van der Waals surface area contributed by atoms with E-state index in [4.69, 9.17) is 5.73 Å². The molecule has 1 amide bonds. The molecule has 2 rings (SSSR count). The van der Waals surface area contributed by atoms with E-state index in [0.29, 0.717) is 11.4 Å². The van der Waals surface area contributed by atoms with Crippen molar-refractivity contribution >= 4 is 17.3 Å². The van der Waals surface area contributed by atoms with E-state index < -0.39 is 6.04 Å². The Morgan fingerprint density at radius 3 is 2.55 bits per heavy atom. The first kappa shape index (κ1) is 14.8. The maximum atomic E-state index is 14.1. The van der Waals surface area contributed by atoms with Crippen LogP contribution in [-0.2, 0) is 4.79 Å². The molecule has 1 aromatic rings. The number of hydrogen-bond acceptors (Lipinski definition) is 3. The lowest BCUT2D eigenvalue weighted by Crippen LogP contribution is -2.39. The summed E-state index contributed by atoms with van der Waals surface area (Å²) in [7, 11) is 0. The van der Waals surface area contributed by atoms with Gasteiger partial charge in [-0.15, -0.1) is 0 Å². The van der Waals surface area contributed by atoms with Crippen LogP contribution in [0.5, 0.6) is 0 Å². The molecule has 0 aliphatic carbocycles. The van der Waals surface area contributed by atoms with E-state index in [-0.39, 0.29) is 17.6 Å². The molecule has 0 aromatic heterocycles. The lowest BCUT2D eigenvalue weighted by Gasteiger charge is -2.19. The summed E-state index contributed by atoms with van der Waals surface area (Å²) in [5, 5.41) is 2.66. The molecule has 1 unspecified atom stereocenters. The third kappa shape index (κ3) is 3.28. The largest absolute Gasteiger partial charge is 0.369 e. The number of amides is 1. The van der Waals surface area contributed by atoms with Crippen LogP contribution in [0.3, 0.4) is 0 Å². The summed E-state index contributed by atoms with van der Waals surface area (Å²) in [6, 6.07) is 4.22. The molecule has 1 fully saturated rings. The van der Waals surface area contributed by atoms with Crippen LogP contribution in [-0.4, -0.2) is 25.0 Å². The number of halogens is 1. The Labute approximate surface area is 119 Å². The molecular weight excluding hydrogens is 257 g/mol. The maximum absolute atomic E-state index is 14.1. The van der Waals surface area contributed by atoms with Gasteiger partial charge in [-0.1, -0.05) is 13.8 Å². The van der Waals surface area contributed by atoms with Crippen molar-refractivity contribution < 1.29 is 9.18 Å². The predicted molar refractivity (Wildman–Crippen MR) is 79.3 cm³/mol. The average Bonchev–Trinajstić information content (AvgIpc) is 2.91. The van der Waals surface area contributed by atoms with Crippen LogP contribution < -0.4 is 16.0 Å². The minimum absolute atomic E-state index is 0.0451. The Bertz CT molecular complexity index is 484. The minimum Gasteiger partial charge on any atom is -0.369 e. The van der Waals surface area contributed by atoms with Crippen LogP contribution in [0.4, 0.5) is 15.8 Å². The number of nitrogens with two attached hydrogens (primary N) is 1. The molecule has 110 valence electrons. The van der Waals surface area contributed by atoms with Crippen molar-refractivity contribution in [3.05, 3.63) is 24.0 Å². The standard InChI is InChI=1S/C15H22FN3O/c1-10(2)14(17)15(20)18-11-5-6-13(12(16)9-11)19-7-3-4-8-19/h5-6,9-10,14H,3-4,7-8,17H2,1-2H3,(H,18,20). The molecule has 1 aromatic carbocycles. The van der Waals surface area contributed by atoms with Crippen molar-refractivity contribution in [1.29, 1.82) is 0 Å². The van der Waals surface area contributed by atoms with E-state index in [9.17, 15) is 9.18 Å². The third-order valence-electron chi connectivity index (χ3n) is 3.68. The SMILES string of the molecule is CC(C)C(N)C(=O)Nc1ccc(N2CCCC2)c(F)c1. The molecule has 1 heterocycles. The van der Waals surface area contributed by atoms with Crippen LogP contribution in [0.15, 0.2) is 18.2 Å². The zero-order valence-electron chi connectivity index (χ0n) is 12.0. The monoisotopic (exact) mass is 279 g/mol. The van der Waals surface area contributed by atoms with Gasteiger partial charge in [-0.05, 0) is 37.0 Å². The summed E-state index contributed by atoms with van der Waals surface area (Å²) in [5.74, 6) is -0.542. The molecule has 1 aliphatic rings. The molecule has 0 bridgehead atoms. The first-order valence-corrected chi connectivity index (χ1v) is 7.10. The van der Waals surface area contributed by atoms with Gasteiger partial charge in [0, 0.05) is 18.8 Å². The molecule has 4 nitrogen and oxygen atoms in total. The van der Waals surface area contributed by atoms with E-state index in [1.807, 2.05) is 18.7 Å². The lowest BCUT2D eigenvalue weighted by molar-refractivity contribution is -0.118. The summed E-state index contributed by atoms with van der Waals surface area (Å²) < 4.78 is 14.1. The second kappa shape index (κ2) is 6.22. The molecule has 0 saturated carbocycles. The molecule has 1 saturated heterocycles. The Balaban J connectivity index is 2.07. The highest BCUT2D eigenvalue weighted by Crippen LogP contribution is 2.26. The maximum Gasteiger partial charge on any atom is 0.241 e. The van der Waals surface area contributed by atoms with Crippen molar-refractivity contribution in [3.8, 4) is 0 Å². The zero-order chi connectivity index (χ0) is 14.7. The molecule has 3 N–H and O–H groups in total.